The quantitative estimate of drug-likeness (QED) is 0.927. The van der Waals surface area contributed by atoms with Crippen LogP contribution in [0.3, 0.4) is 0 Å². The molecule has 0 saturated heterocycles. The van der Waals surface area contributed by atoms with Gasteiger partial charge in [0.25, 0.3) is 0 Å². The van der Waals surface area contributed by atoms with Crippen LogP contribution in [-0.2, 0) is 6.54 Å². The molecule has 102 valence electrons. The van der Waals surface area contributed by atoms with Gasteiger partial charge in [0.15, 0.2) is 0 Å². The Hall–Kier alpha value is -1.75. The summed E-state index contributed by atoms with van der Waals surface area (Å²) in [5.41, 5.74) is 8.83. The molecule has 1 atom stereocenters. The van der Waals surface area contributed by atoms with E-state index in [0.717, 1.165) is 29.1 Å². The van der Waals surface area contributed by atoms with Crippen LogP contribution >= 0.6 is 0 Å². The first kappa shape index (κ1) is 13.7. The fourth-order valence-corrected chi connectivity index (χ4v) is 2.35. The van der Waals surface area contributed by atoms with E-state index in [2.05, 4.69) is 5.10 Å². The maximum atomic E-state index is 13.6. The first-order valence-electron chi connectivity index (χ1n) is 6.13. The number of nitrogens with two attached hydrogens (primary N) is 1. The predicted molar refractivity (Wildman–Crippen MR) is 69.8 cm³/mol. The zero-order chi connectivity index (χ0) is 14.2. The Morgan fingerprint density at radius 3 is 2.58 bits per heavy atom. The maximum absolute atomic E-state index is 13.6. The van der Waals surface area contributed by atoms with Crippen LogP contribution in [-0.4, -0.2) is 9.78 Å². The van der Waals surface area contributed by atoms with Crippen LogP contribution in [0, 0.1) is 25.5 Å². The molecule has 0 spiro atoms. The molecule has 1 aromatic heterocycles. The molecule has 0 radical (unpaired) electrons. The molecule has 0 fully saturated rings. The minimum absolute atomic E-state index is 0.133. The zero-order valence-corrected chi connectivity index (χ0v) is 11.2. The van der Waals surface area contributed by atoms with Gasteiger partial charge in [0, 0.05) is 22.9 Å². The smallest absolute Gasteiger partial charge is 0.128 e. The van der Waals surface area contributed by atoms with Gasteiger partial charge in [-0.3, -0.25) is 4.68 Å². The summed E-state index contributed by atoms with van der Waals surface area (Å²) in [4.78, 5) is 0. The number of benzene rings is 1. The Bertz CT molecular complexity index is 603. The van der Waals surface area contributed by atoms with E-state index in [4.69, 9.17) is 5.73 Å². The Labute approximate surface area is 111 Å². The van der Waals surface area contributed by atoms with Gasteiger partial charge in [0.05, 0.1) is 12.2 Å². The molecular weight excluding hydrogens is 248 g/mol. The summed E-state index contributed by atoms with van der Waals surface area (Å²) in [6.07, 6.45) is 0. The fraction of sp³-hybridized carbons (Fsp3) is 0.357. The van der Waals surface area contributed by atoms with Gasteiger partial charge in [-0.1, -0.05) is 0 Å². The predicted octanol–water partition coefficient (Wildman–Crippen LogP) is 2.85. The van der Waals surface area contributed by atoms with Crippen LogP contribution in [0.4, 0.5) is 8.78 Å². The number of rotatable bonds is 3. The molecule has 0 aliphatic rings. The zero-order valence-electron chi connectivity index (χ0n) is 11.2. The lowest BCUT2D eigenvalue weighted by Gasteiger charge is -2.08. The third kappa shape index (κ3) is 2.66. The minimum atomic E-state index is -0.453. The summed E-state index contributed by atoms with van der Waals surface area (Å²) in [5.74, 6) is -0.887. The summed E-state index contributed by atoms with van der Waals surface area (Å²) in [7, 11) is 0. The Kier molecular flexibility index (Phi) is 3.66. The lowest BCUT2D eigenvalue weighted by Crippen LogP contribution is -2.09. The molecule has 0 saturated carbocycles. The van der Waals surface area contributed by atoms with Gasteiger partial charge in [-0.25, -0.2) is 8.78 Å². The minimum Gasteiger partial charge on any atom is -0.324 e. The number of aryl methyl sites for hydroxylation is 1. The van der Waals surface area contributed by atoms with Gasteiger partial charge in [0.1, 0.15) is 11.6 Å². The molecule has 0 aliphatic carbocycles. The summed E-state index contributed by atoms with van der Waals surface area (Å²) in [6.45, 7) is 5.83. The summed E-state index contributed by atoms with van der Waals surface area (Å²) in [5, 5.41) is 4.35. The topological polar surface area (TPSA) is 43.8 Å². The van der Waals surface area contributed by atoms with E-state index in [-0.39, 0.29) is 18.2 Å². The average Bonchev–Trinajstić information content (AvgIpc) is 2.59. The third-order valence-electron chi connectivity index (χ3n) is 3.22. The molecule has 0 aliphatic heterocycles. The highest BCUT2D eigenvalue weighted by molar-refractivity contribution is 5.28. The highest BCUT2D eigenvalue weighted by Crippen LogP contribution is 2.21. The standard InChI is InChI=1S/C14H17F2N3/c1-8(17)14-9(2)18-19(10(14)3)7-11-6-12(15)4-5-13(11)16/h4-6,8H,7,17H2,1-3H3. The number of aromatic nitrogens is 2. The van der Waals surface area contributed by atoms with Crippen LogP contribution in [0.25, 0.3) is 0 Å². The lowest BCUT2D eigenvalue weighted by atomic mass is 10.1. The van der Waals surface area contributed by atoms with Crippen molar-refractivity contribution < 1.29 is 8.78 Å². The second kappa shape index (κ2) is 5.09. The average molecular weight is 265 g/mol. The third-order valence-corrected chi connectivity index (χ3v) is 3.22. The van der Waals surface area contributed by atoms with Crippen LogP contribution < -0.4 is 5.73 Å². The molecule has 2 rings (SSSR count). The van der Waals surface area contributed by atoms with Crippen LogP contribution in [0.5, 0.6) is 0 Å². The molecule has 0 amide bonds. The highest BCUT2D eigenvalue weighted by atomic mass is 19.1. The summed E-state index contributed by atoms with van der Waals surface area (Å²) in [6, 6.07) is 3.29. The van der Waals surface area contributed by atoms with Crippen molar-refractivity contribution in [2.24, 2.45) is 5.73 Å². The fourth-order valence-electron chi connectivity index (χ4n) is 2.35. The van der Waals surface area contributed by atoms with Crippen molar-refractivity contribution in [3.05, 3.63) is 52.3 Å². The number of hydrogen-bond donors (Lipinski definition) is 1. The monoisotopic (exact) mass is 265 g/mol. The molecule has 5 heteroatoms. The Morgan fingerprint density at radius 1 is 1.32 bits per heavy atom. The molecule has 1 heterocycles. The van der Waals surface area contributed by atoms with Crippen molar-refractivity contribution in [3.8, 4) is 0 Å². The molecule has 1 aromatic carbocycles. The van der Waals surface area contributed by atoms with Gasteiger partial charge >= 0.3 is 0 Å². The van der Waals surface area contributed by atoms with E-state index in [1.807, 2.05) is 20.8 Å². The molecule has 19 heavy (non-hydrogen) atoms. The van der Waals surface area contributed by atoms with Crippen molar-refractivity contribution in [1.82, 2.24) is 9.78 Å². The first-order chi connectivity index (χ1) is 8.90. The second-order valence-electron chi connectivity index (χ2n) is 4.77. The van der Waals surface area contributed by atoms with Gasteiger partial charge in [-0.2, -0.15) is 5.10 Å². The van der Waals surface area contributed by atoms with Crippen LogP contribution in [0.15, 0.2) is 18.2 Å². The molecule has 2 N–H and O–H groups in total. The summed E-state index contributed by atoms with van der Waals surface area (Å²) < 4.78 is 28.4. The van der Waals surface area contributed by atoms with E-state index in [1.54, 1.807) is 4.68 Å². The molecule has 2 aromatic rings. The largest absolute Gasteiger partial charge is 0.324 e. The normalized spacial score (nSPS) is 12.7. The van der Waals surface area contributed by atoms with E-state index >= 15 is 0 Å². The SMILES string of the molecule is Cc1nn(Cc2cc(F)ccc2F)c(C)c1C(C)N. The van der Waals surface area contributed by atoms with E-state index in [1.165, 1.54) is 6.07 Å². The van der Waals surface area contributed by atoms with Crippen molar-refractivity contribution in [2.75, 3.05) is 0 Å². The van der Waals surface area contributed by atoms with Crippen molar-refractivity contribution in [2.45, 2.75) is 33.4 Å². The van der Waals surface area contributed by atoms with Crippen molar-refractivity contribution in [1.29, 1.82) is 0 Å². The Morgan fingerprint density at radius 2 is 2.00 bits per heavy atom. The van der Waals surface area contributed by atoms with Gasteiger partial charge in [-0.05, 0) is 39.0 Å². The molecule has 3 nitrogen and oxygen atoms in total. The highest BCUT2D eigenvalue weighted by Gasteiger charge is 2.15. The second-order valence-corrected chi connectivity index (χ2v) is 4.77. The number of nitrogens with zero attached hydrogens (tertiary/aromatic N) is 2. The Balaban J connectivity index is 2.39. The first-order valence-corrected chi connectivity index (χ1v) is 6.13. The van der Waals surface area contributed by atoms with E-state index in [9.17, 15) is 8.78 Å². The van der Waals surface area contributed by atoms with Crippen molar-refractivity contribution >= 4 is 0 Å². The van der Waals surface area contributed by atoms with Crippen LogP contribution in [0.1, 0.15) is 35.5 Å². The molecule has 1 unspecified atom stereocenters. The van der Waals surface area contributed by atoms with Gasteiger partial charge < -0.3 is 5.73 Å². The van der Waals surface area contributed by atoms with E-state index in [0.29, 0.717) is 0 Å². The van der Waals surface area contributed by atoms with E-state index < -0.39 is 11.6 Å². The maximum Gasteiger partial charge on any atom is 0.128 e. The van der Waals surface area contributed by atoms with Gasteiger partial charge in [0.2, 0.25) is 0 Å². The lowest BCUT2D eigenvalue weighted by molar-refractivity contribution is 0.561. The number of halogens is 2. The molecule has 0 bridgehead atoms. The van der Waals surface area contributed by atoms with Crippen molar-refractivity contribution in [3.63, 3.8) is 0 Å². The summed E-state index contributed by atoms with van der Waals surface area (Å²) >= 11 is 0. The van der Waals surface area contributed by atoms with Crippen LogP contribution in [0.2, 0.25) is 0 Å². The number of hydrogen-bond acceptors (Lipinski definition) is 2. The molecular formula is C14H17F2N3. The van der Waals surface area contributed by atoms with Gasteiger partial charge in [-0.15, -0.1) is 0 Å².